The lowest BCUT2D eigenvalue weighted by Crippen LogP contribution is -1.79. The predicted octanol–water partition coefficient (Wildman–Crippen LogP) is 21.1. The summed E-state index contributed by atoms with van der Waals surface area (Å²) in [5, 5.41) is 0. The van der Waals surface area contributed by atoms with E-state index in [1.807, 2.05) is 277 Å². The monoisotopic (exact) mass is 1210 g/mol. The van der Waals surface area contributed by atoms with Crippen LogP contribution in [0.4, 0.5) is 0 Å². The molecule has 474 valence electrons. The summed E-state index contributed by atoms with van der Waals surface area (Å²) < 4.78 is 0. The summed E-state index contributed by atoms with van der Waals surface area (Å²) in [6.45, 7) is 34.4. The molecule has 15 rings (SSSR count). The number of hydrogen-bond donors (Lipinski definition) is 7. The van der Waals surface area contributed by atoms with Gasteiger partial charge in [-0.1, -0.05) is 242 Å². The van der Waals surface area contributed by atoms with Crippen LogP contribution in [0.1, 0.15) is 137 Å². The van der Waals surface area contributed by atoms with E-state index in [1.165, 1.54) is 6.42 Å². The Labute approximate surface area is 534 Å². The maximum Gasteiger partial charge on any atom is 0.106 e. The highest BCUT2D eigenvalue weighted by atomic mass is 15.0. The van der Waals surface area contributed by atoms with Gasteiger partial charge in [0, 0.05) is 19.3 Å². The van der Waals surface area contributed by atoms with Crippen molar-refractivity contribution in [3.63, 3.8) is 0 Å². The second kappa shape index (κ2) is 43.6. The fourth-order valence-corrected chi connectivity index (χ4v) is 8.21. The molecule has 0 aliphatic heterocycles. The molecule has 7 aromatic heterocycles. The Balaban J connectivity index is 0.000000267. The highest BCUT2D eigenvalue weighted by molar-refractivity contribution is 5.92. The number of rotatable bonds is 3. The normalized spacial score (nSPS) is 9.57. The molecule has 0 aliphatic carbocycles. The lowest BCUT2D eigenvalue weighted by atomic mass is 10.3. The third-order valence-electron chi connectivity index (χ3n) is 12.0. The van der Waals surface area contributed by atoms with Crippen molar-refractivity contribution in [2.45, 2.75) is 143 Å². The first kappa shape index (κ1) is 74.3. The van der Waals surface area contributed by atoms with E-state index in [0.29, 0.717) is 0 Å². The highest BCUT2D eigenvalue weighted by Crippen LogP contribution is 2.21. The van der Waals surface area contributed by atoms with E-state index >= 15 is 0 Å². The molecule has 7 heterocycles. The van der Waals surface area contributed by atoms with E-state index in [9.17, 15) is 0 Å². The molecule has 0 aliphatic rings. The minimum absolute atomic E-state index is 0.926. The second-order valence-electron chi connectivity index (χ2n) is 18.9. The molecule has 14 heteroatoms. The van der Waals surface area contributed by atoms with E-state index < -0.39 is 0 Å². The Hall–Kier alpha value is -9.95. The van der Waals surface area contributed by atoms with Gasteiger partial charge < -0.3 is 34.9 Å². The van der Waals surface area contributed by atoms with Crippen molar-refractivity contribution in [1.82, 2.24) is 69.8 Å². The Kier molecular flexibility index (Phi) is 36.0. The number of aromatic amines is 7. The van der Waals surface area contributed by atoms with Gasteiger partial charge in [-0.05, 0) is 88.4 Å². The number of H-pyrrole nitrogens is 7. The van der Waals surface area contributed by atoms with Crippen LogP contribution in [0.15, 0.2) is 206 Å². The standard InChI is InChI=1S/2C11H12N4.C9H10N2.2C8H8N2.3C6H6.C3H8.4C2H6/c2*1-3-11-14-9-4-7-8(5-10(9)15-11)13-6(2)12-7;1-2-9-10-7-5-3-4-6-8(7)11-9;2*1-6-9-7-4-2-3-5-8(7)10-6;3*1-2-4-6-5-3-1;1-3-2;4*1-2/h2*4-5H,3H2,1-2H3,(H,12,13)(H,14,15);3-6H,2H2,1H3,(H,10,11);2*2-5H,1H3,(H,9,10);3*1-6H;3H2,1-2H3;4*1-2H3. The number of fused-ring (bicyclic) bond motifs is 7. The third-order valence-corrected chi connectivity index (χ3v) is 12.0. The zero-order valence-corrected chi connectivity index (χ0v) is 56.6. The van der Waals surface area contributed by atoms with Crippen molar-refractivity contribution in [3.8, 4) is 0 Å². The van der Waals surface area contributed by atoms with E-state index in [2.05, 4.69) is 117 Å². The molecule has 0 radical (unpaired) electrons. The van der Waals surface area contributed by atoms with Crippen LogP contribution in [0, 0.1) is 27.7 Å². The average Bonchev–Trinajstić information content (AvgIpc) is 3.62. The van der Waals surface area contributed by atoms with Crippen LogP contribution in [0.25, 0.3) is 77.2 Å². The van der Waals surface area contributed by atoms with Crippen LogP contribution in [-0.4, -0.2) is 69.8 Å². The molecule has 0 saturated heterocycles. The third kappa shape index (κ3) is 25.4. The summed E-state index contributed by atoms with van der Waals surface area (Å²) in [7, 11) is 0. The largest absolute Gasteiger partial charge is 0.342 e. The molecule has 8 aromatic carbocycles. The molecule has 0 unspecified atom stereocenters. The van der Waals surface area contributed by atoms with Crippen LogP contribution in [0.3, 0.4) is 0 Å². The number of imidazole rings is 7. The molecule has 0 atom stereocenters. The molecule has 0 saturated carbocycles. The summed E-state index contributed by atoms with van der Waals surface area (Å²) in [6.07, 6.45) is 4.07. The predicted molar refractivity (Wildman–Crippen MR) is 388 cm³/mol. The molecular weight excluding hydrogens is 1110 g/mol. The fraction of sp³-hybridized carbons (Fsp3) is 0.276. The van der Waals surface area contributed by atoms with Crippen LogP contribution >= 0.6 is 0 Å². The van der Waals surface area contributed by atoms with E-state index in [-0.39, 0.29) is 0 Å². The summed E-state index contributed by atoms with van der Waals surface area (Å²) in [6, 6.07) is 68.3. The number of benzene rings is 8. The van der Waals surface area contributed by atoms with Crippen molar-refractivity contribution in [2.24, 2.45) is 0 Å². The first-order valence-corrected chi connectivity index (χ1v) is 32.0. The Morgan fingerprint density at radius 3 is 0.667 bits per heavy atom. The first-order valence-electron chi connectivity index (χ1n) is 32.0. The smallest absolute Gasteiger partial charge is 0.106 e. The van der Waals surface area contributed by atoms with Crippen molar-refractivity contribution >= 4 is 77.2 Å². The van der Waals surface area contributed by atoms with Gasteiger partial charge in [-0.25, -0.2) is 34.9 Å². The van der Waals surface area contributed by atoms with Crippen LogP contribution in [0.2, 0.25) is 0 Å². The molecule has 0 bridgehead atoms. The van der Waals surface area contributed by atoms with Crippen LogP contribution in [0.5, 0.6) is 0 Å². The quantitative estimate of drug-likeness (QED) is 0.0912. The number of nitrogens with zero attached hydrogens (tertiary/aromatic N) is 7. The van der Waals surface area contributed by atoms with E-state index in [0.717, 1.165) is 137 Å². The molecule has 0 amide bonds. The fourth-order valence-electron chi connectivity index (χ4n) is 8.21. The number of para-hydroxylation sites is 6. The van der Waals surface area contributed by atoms with Gasteiger partial charge >= 0.3 is 0 Å². The minimum Gasteiger partial charge on any atom is -0.342 e. The first-order chi connectivity index (χ1) is 44.0. The van der Waals surface area contributed by atoms with Crippen LogP contribution < -0.4 is 0 Å². The lowest BCUT2D eigenvalue weighted by molar-refractivity contribution is 1.00. The van der Waals surface area contributed by atoms with Crippen molar-refractivity contribution in [1.29, 1.82) is 0 Å². The summed E-state index contributed by atoms with van der Waals surface area (Å²) in [4.78, 5) is 53.2. The molecule has 14 nitrogen and oxygen atoms in total. The van der Waals surface area contributed by atoms with Crippen molar-refractivity contribution in [3.05, 3.63) is 247 Å². The lowest BCUT2D eigenvalue weighted by Gasteiger charge is -1.87. The van der Waals surface area contributed by atoms with Gasteiger partial charge in [-0.15, -0.1) is 0 Å². The SMILES string of the molecule is CC.CC.CC.CC.CCC.CCc1nc2cc3nc(C)[nH]c3cc2[nH]1.CCc1nc2cc3nc(C)[nH]c3cc2[nH]1.CCc1nc2ccccc2[nH]1.Cc1nc2ccccc2[nH]1.Cc1nc2ccccc2[nH]1.c1ccccc1.c1ccccc1.c1ccccc1. The maximum absolute atomic E-state index is 4.48. The van der Waals surface area contributed by atoms with Crippen molar-refractivity contribution < 1.29 is 0 Å². The van der Waals surface area contributed by atoms with E-state index in [4.69, 9.17) is 0 Å². The second-order valence-corrected chi connectivity index (χ2v) is 18.9. The number of hydrogen-bond acceptors (Lipinski definition) is 7. The molecule has 7 N–H and O–H groups in total. The van der Waals surface area contributed by atoms with Crippen LogP contribution in [-0.2, 0) is 19.3 Å². The van der Waals surface area contributed by atoms with Gasteiger partial charge in [-0.3, -0.25) is 0 Å². The molecule has 15 aromatic rings. The summed E-state index contributed by atoms with van der Waals surface area (Å²) >= 11 is 0. The highest BCUT2D eigenvalue weighted by Gasteiger charge is 2.07. The molecule has 0 spiro atoms. The van der Waals surface area contributed by atoms with E-state index in [1.54, 1.807) is 0 Å². The van der Waals surface area contributed by atoms with Gasteiger partial charge in [0.25, 0.3) is 0 Å². The zero-order valence-electron chi connectivity index (χ0n) is 56.6. The number of aromatic nitrogens is 14. The minimum atomic E-state index is 0.926. The van der Waals surface area contributed by atoms with Gasteiger partial charge in [0.15, 0.2) is 0 Å². The maximum atomic E-state index is 4.48. The number of nitrogens with one attached hydrogen (secondary N) is 7. The zero-order chi connectivity index (χ0) is 65.9. The van der Waals surface area contributed by atoms with Gasteiger partial charge in [0.05, 0.1) is 77.2 Å². The average molecular weight is 1210 g/mol. The molecule has 0 fully saturated rings. The Morgan fingerprint density at radius 1 is 0.222 bits per heavy atom. The van der Waals surface area contributed by atoms with Gasteiger partial charge in [0.2, 0.25) is 0 Å². The summed E-state index contributed by atoms with van der Waals surface area (Å²) in [5.41, 5.74) is 14.7. The topological polar surface area (TPSA) is 201 Å². The Morgan fingerprint density at radius 2 is 0.411 bits per heavy atom. The molecule has 90 heavy (non-hydrogen) atoms. The number of aryl methyl sites for hydroxylation is 7. The molecular formula is C76H100N14. The van der Waals surface area contributed by atoms with Gasteiger partial charge in [0.1, 0.15) is 40.8 Å². The summed E-state index contributed by atoms with van der Waals surface area (Å²) in [5.74, 6) is 6.93. The van der Waals surface area contributed by atoms with Gasteiger partial charge in [-0.2, -0.15) is 0 Å². The Bertz CT molecular complexity index is 3640. The van der Waals surface area contributed by atoms with Crippen molar-refractivity contribution in [2.75, 3.05) is 0 Å².